The molecule has 0 saturated heterocycles. The molecule has 14 rings (SSSR count). The lowest BCUT2D eigenvalue weighted by Gasteiger charge is -2.31. The summed E-state index contributed by atoms with van der Waals surface area (Å²) in [6, 6.07) is 75.1. The maximum absolute atomic E-state index is 6.79. The molecular formula is C60H39N3O. The molecule has 9 aromatic carbocycles. The number of furan rings is 1. The van der Waals surface area contributed by atoms with E-state index in [1.807, 2.05) is 0 Å². The first-order valence-corrected chi connectivity index (χ1v) is 22.2. The third-order valence-corrected chi connectivity index (χ3v) is 13.8. The number of fused-ring (bicyclic) bond motifs is 12. The number of nitrogens with zero attached hydrogens (tertiary/aromatic N) is 3. The van der Waals surface area contributed by atoms with Gasteiger partial charge in [0.1, 0.15) is 5.58 Å². The van der Waals surface area contributed by atoms with E-state index in [-0.39, 0.29) is 6.04 Å². The lowest BCUT2D eigenvalue weighted by molar-refractivity contribution is 0.666. The third kappa shape index (κ3) is 4.99. The Labute approximate surface area is 369 Å². The van der Waals surface area contributed by atoms with Crippen molar-refractivity contribution >= 4 is 88.1 Å². The highest BCUT2D eigenvalue weighted by atomic mass is 16.3. The monoisotopic (exact) mass is 817 g/mol. The van der Waals surface area contributed by atoms with Crippen LogP contribution < -0.4 is 4.90 Å². The molecule has 4 heterocycles. The van der Waals surface area contributed by atoms with Crippen LogP contribution in [0.25, 0.3) is 99.2 Å². The Kier molecular flexibility index (Phi) is 7.48. The maximum atomic E-state index is 6.79. The molecule has 1 atom stereocenters. The van der Waals surface area contributed by atoms with Crippen LogP contribution in [0.2, 0.25) is 0 Å². The molecule has 0 radical (unpaired) electrons. The summed E-state index contributed by atoms with van der Waals surface area (Å²) in [4.78, 5) is 2.61. The molecule has 0 saturated carbocycles. The van der Waals surface area contributed by atoms with Crippen molar-refractivity contribution in [3.63, 3.8) is 0 Å². The lowest BCUT2D eigenvalue weighted by Crippen LogP contribution is -2.28. The summed E-state index contributed by atoms with van der Waals surface area (Å²) in [6.45, 7) is 0. The molecule has 1 unspecified atom stereocenters. The summed E-state index contributed by atoms with van der Waals surface area (Å²) < 4.78 is 11.7. The topological polar surface area (TPSA) is 26.2 Å². The smallest absolute Gasteiger partial charge is 0.159 e. The van der Waals surface area contributed by atoms with Crippen LogP contribution in [0.15, 0.2) is 223 Å². The molecule has 300 valence electrons. The molecule has 0 spiro atoms. The van der Waals surface area contributed by atoms with Crippen LogP contribution in [0.4, 0.5) is 11.4 Å². The van der Waals surface area contributed by atoms with E-state index in [0.29, 0.717) is 0 Å². The van der Waals surface area contributed by atoms with Crippen LogP contribution in [0, 0.1) is 0 Å². The lowest BCUT2D eigenvalue weighted by atomic mass is 9.84. The summed E-state index contributed by atoms with van der Waals surface area (Å²) in [5.41, 5.74) is 18.8. The Bertz CT molecular complexity index is 3940. The van der Waals surface area contributed by atoms with Gasteiger partial charge in [-0.05, 0) is 89.4 Å². The van der Waals surface area contributed by atoms with E-state index in [4.69, 9.17) is 4.42 Å². The molecule has 1 aliphatic carbocycles. The highest BCUT2D eigenvalue weighted by molar-refractivity contribution is 6.17. The molecule has 3 aromatic heterocycles. The van der Waals surface area contributed by atoms with Gasteiger partial charge in [0, 0.05) is 60.5 Å². The molecule has 0 N–H and O–H groups in total. The van der Waals surface area contributed by atoms with Crippen molar-refractivity contribution in [2.24, 2.45) is 0 Å². The number of benzene rings is 9. The summed E-state index contributed by atoms with van der Waals surface area (Å²) in [5, 5.41) is 7.19. The van der Waals surface area contributed by atoms with Crippen LogP contribution >= 0.6 is 0 Å². The van der Waals surface area contributed by atoms with E-state index >= 15 is 0 Å². The average Bonchev–Trinajstić information content (AvgIpc) is 4.10. The highest BCUT2D eigenvalue weighted by Crippen LogP contribution is 2.52. The van der Waals surface area contributed by atoms with Gasteiger partial charge in [-0.3, -0.25) is 0 Å². The number of hydrogen-bond donors (Lipinski definition) is 0. The zero-order valence-electron chi connectivity index (χ0n) is 34.8. The second kappa shape index (κ2) is 13.6. The third-order valence-electron chi connectivity index (χ3n) is 13.8. The molecule has 12 aromatic rings. The highest BCUT2D eigenvalue weighted by Gasteiger charge is 2.38. The average molecular weight is 818 g/mol. The quantitative estimate of drug-likeness (QED) is 0.173. The summed E-state index contributed by atoms with van der Waals surface area (Å²) in [7, 11) is 0. The minimum absolute atomic E-state index is 0.0767. The predicted molar refractivity (Wildman–Crippen MR) is 267 cm³/mol. The fraction of sp³-hybridized carbons (Fsp3) is 0.0333. The number of hydrogen-bond acceptors (Lipinski definition) is 2. The van der Waals surface area contributed by atoms with E-state index in [1.165, 1.54) is 82.9 Å². The predicted octanol–water partition coefficient (Wildman–Crippen LogP) is 15.8. The van der Waals surface area contributed by atoms with Crippen molar-refractivity contribution in [1.29, 1.82) is 0 Å². The maximum Gasteiger partial charge on any atom is 0.159 e. The van der Waals surface area contributed by atoms with Gasteiger partial charge in [-0.1, -0.05) is 158 Å². The number of allylic oxidation sites excluding steroid dienone is 2. The van der Waals surface area contributed by atoms with Crippen molar-refractivity contribution in [1.82, 2.24) is 9.13 Å². The first kappa shape index (κ1) is 35.3. The SMILES string of the molecule is C1=C(c2c(-c3ccccc3)ccc3c4ccccc4n(-c4cccc5c4oc4ccccc45)c23)CC2C(=C1)c1ccccc1N2c1ccc2c(c1)c1ccccc1n2-c1ccccc1. The van der Waals surface area contributed by atoms with Gasteiger partial charge in [0.2, 0.25) is 0 Å². The largest absolute Gasteiger partial charge is 0.454 e. The van der Waals surface area contributed by atoms with Crippen LogP contribution in [-0.2, 0) is 0 Å². The molecule has 1 aliphatic heterocycles. The Balaban J connectivity index is 1.01. The zero-order valence-corrected chi connectivity index (χ0v) is 34.8. The second-order valence-electron chi connectivity index (χ2n) is 17.2. The van der Waals surface area contributed by atoms with Crippen LogP contribution in [0.5, 0.6) is 0 Å². The molecule has 2 aliphatic rings. The summed E-state index contributed by atoms with van der Waals surface area (Å²) in [6.07, 6.45) is 5.64. The van der Waals surface area contributed by atoms with Gasteiger partial charge in [-0.25, -0.2) is 0 Å². The number of aromatic nitrogens is 2. The molecule has 64 heavy (non-hydrogen) atoms. The van der Waals surface area contributed by atoms with E-state index in [9.17, 15) is 0 Å². The van der Waals surface area contributed by atoms with Gasteiger partial charge in [0.15, 0.2) is 5.58 Å². The van der Waals surface area contributed by atoms with Gasteiger partial charge in [-0.15, -0.1) is 0 Å². The van der Waals surface area contributed by atoms with Crippen molar-refractivity contribution in [2.45, 2.75) is 12.5 Å². The van der Waals surface area contributed by atoms with Gasteiger partial charge in [-0.2, -0.15) is 0 Å². The van der Waals surface area contributed by atoms with Gasteiger partial charge < -0.3 is 18.5 Å². The van der Waals surface area contributed by atoms with E-state index < -0.39 is 0 Å². The van der Waals surface area contributed by atoms with Crippen molar-refractivity contribution < 1.29 is 4.42 Å². The first-order valence-electron chi connectivity index (χ1n) is 22.2. The van der Waals surface area contributed by atoms with E-state index in [0.717, 1.165) is 45.3 Å². The Hall–Kier alpha value is -8.34. The van der Waals surface area contributed by atoms with Gasteiger partial charge >= 0.3 is 0 Å². The van der Waals surface area contributed by atoms with Crippen molar-refractivity contribution in [2.75, 3.05) is 4.90 Å². The normalized spacial score (nSPS) is 14.8. The number of para-hydroxylation sites is 6. The van der Waals surface area contributed by atoms with E-state index in [1.54, 1.807) is 0 Å². The molecular weight excluding hydrogens is 779 g/mol. The fourth-order valence-corrected chi connectivity index (χ4v) is 11.2. The molecule has 0 bridgehead atoms. The van der Waals surface area contributed by atoms with Crippen LogP contribution in [0.1, 0.15) is 17.5 Å². The zero-order chi connectivity index (χ0) is 41.9. The van der Waals surface area contributed by atoms with Crippen LogP contribution in [-0.4, -0.2) is 15.2 Å². The minimum atomic E-state index is 0.0767. The van der Waals surface area contributed by atoms with E-state index in [2.05, 4.69) is 232 Å². The first-order chi connectivity index (χ1) is 31.8. The van der Waals surface area contributed by atoms with Gasteiger partial charge in [0.05, 0.1) is 33.8 Å². The fourth-order valence-electron chi connectivity index (χ4n) is 11.2. The summed E-state index contributed by atoms with van der Waals surface area (Å²) in [5.74, 6) is 0. The standard InChI is InChI=1S/C60H39N3O/c1-3-16-38(17-4-1)42-33-34-48-44-21-8-13-27-53(44)63(55-28-15-24-49-47-23-10-14-29-57(47)64-60(49)55)59(48)58(42)39-30-32-46-43-20-7-11-25-51(43)62(56(46)36-39)41-31-35-54-50(37-41)45-22-9-12-26-52(45)61(54)40-18-5-2-6-19-40/h1-35,37,56H,36H2. The van der Waals surface area contributed by atoms with Crippen molar-refractivity contribution in [3.05, 3.63) is 230 Å². The Morgan fingerprint density at radius 2 is 1.08 bits per heavy atom. The molecule has 4 heteroatoms. The second-order valence-corrected chi connectivity index (χ2v) is 17.2. The Morgan fingerprint density at radius 3 is 1.92 bits per heavy atom. The van der Waals surface area contributed by atoms with Crippen LogP contribution in [0.3, 0.4) is 0 Å². The Morgan fingerprint density at radius 1 is 0.422 bits per heavy atom. The molecule has 0 fully saturated rings. The van der Waals surface area contributed by atoms with Gasteiger partial charge in [0.25, 0.3) is 0 Å². The molecule has 4 nitrogen and oxygen atoms in total. The van der Waals surface area contributed by atoms with Crippen molar-refractivity contribution in [3.8, 4) is 22.5 Å². The number of rotatable bonds is 5. The number of anilines is 2. The summed E-state index contributed by atoms with van der Waals surface area (Å²) >= 11 is 0. The minimum Gasteiger partial charge on any atom is -0.454 e. The molecule has 0 amide bonds.